The third-order valence-electron chi connectivity index (χ3n) is 3.97. The van der Waals surface area contributed by atoms with Crippen molar-refractivity contribution >= 4 is 33.4 Å². The number of aromatic nitrogens is 2. The molecule has 0 aliphatic rings. The molecule has 1 amide bonds. The quantitative estimate of drug-likeness (QED) is 0.735. The lowest BCUT2D eigenvalue weighted by Crippen LogP contribution is -2.49. The lowest BCUT2D eigenvalue weighted by molar-refractivity contribution is -0.143. The number of carboxylic acids is 1. The maximum Gasteiger partial charge on any atom is 0.328 e. The third kappa shape index (κ3) is 3.41. The SMILES string of the molecule is Cc1nn(Cc2ccccc2)c2sc(C(=O)NC(C)(C)C(=O)O)cc12. The molecule has 0 spiro atoms. The maximum absolute atomic E-state index is 12.4. The van der Waals surface area contributed by atoms with Gasteiger partial charge in [-0.1, -0.05) is 30.3 Å². The number of hydrogen-bond acceptors (Lipinski definition) is 4. The van der Waals surface area contributed by atoms with E-state index in [2.05, 4.69) is 10.4 Å². The zero-order valence-electron chi connectivity index (χ0n) is 14.2. The van der Waals surface area contributed by atoms with Crippen LogP contribution in [0.3, 0.4) is 0 Å². The molecule has 3 rings (SSSR count). The second-order valence-electron chi connectivity index (χ2n) is 6.44. The van der Waals surface area contributed by atoms with Crippen LogP contribution in [0.15, 0.2) is 36.4 Å². The number of aryl methyl sites for hydroxylation is 1. The van der Waals surface area contributed by atoms with E-state index in [0.29, 0.717) is 11.4 Å². The van der Waals surface area contributed by atoms with E-state index in [9.17, 15) is 9.59 Å². The van der Waals surface area contributed by atoms with Crippen LogP contribution in [0.1, 0.15) is 34.8 Å². The molecule has 0 radical (unpaired) electrons. The normalized spacial score (nSPS) is 11.6. The van der Waals surface area contributed by atoms with Gasteiger partial charge < -0.3 is 10.4 Å². The summed E-state index contributed by atoms with van der Waals surface area (Å²) in [5.74, 6) is -1.47. The molecule has 0 saturated heterocycles. The van der Waals surface area contributed by atoms with Crippen molar-refractivity contribution in [2.75, 3.05) is 0 Å². The molecule has 2 aromatic heterocycles. The number of carboxylic acid groups (broad SMARTS) is 1. The van der Waals surface area contributed by atoms with Crippen LogP contribution in [0, 0.1) is 6.92 Å². The molecule has 3 aromatic rings. The molecule has 1 aromatic carbocycles. The summed E-state index contributed by atoms with van der Waals surface area (Å²) in [6.45, 7) is 5.44. The van der Waals surface area contributed by atoms with Gasteiger partial charge in [-0.2, -0.15) is 5.10 Å². The molecule has 7 heteroatoms. The van der Waals surface area contributed by atoms with Crippen LogP contribution >= 0.6 is 11.3 Å². The molecule has 0 fully saturated rings. The van der Waals surface area contributed by atoms with Crippen LogP contribution in [0.2, 0.25) is 0 Å². The molecule has 0 saturated carbocycles. The number of nitrogens with zero attached hydrogens (tertiary/aromatic N) is 2. The van der Waals surface area contributed by atoms with Crippen molar-refractivity contribution in [1.29, 1.82) is 0 Å². The van der Waals surface area contributed by atoms with Gasteiger partial charge in [0.15, 0.2) is 0 Å². The highest BCUT2D eigenvalue weighted by Gasteiger charge is 2.30. The van der Waals surface area contributed by atoms with E-state index in [1.165, 1.54) is 25.2 Å². The Kier molecular flexibility index (Phi) is 4.34. The smallest absolute Gasteiger partial charge is 0.328 e. The highest BCUT2D eigenvalue weighted by atomic mass is 32.1. The van der Waals surface area contributed by atoms with Gasteiger partial charge in [0.25, 0.3) is 5.91 Å². The Bertz CT molecular complexity index is 941. The number of thiophene rings is 1. The topological polar surface area (TPSA) is 84.2 Å². The highest BCUT2D eigenvalue weighted by Crippen LogP contribution is 2.29. The highest BCUT2D eigenvalue weighted by molar-refractivity contribution is 7.20. The molecule has 0 aliphatic carbocycles. The molecule has 130 valence electrons. The van der Waals surface area contributed by atoms with Crippen LogP contribution in [0.25, 0.3) is 10.2 Å². The van der Waals surface area contributed by atoms with Crippen molar-refractivity contribution < 1.29 is 14.7 Å². The second-order valence-corrected chi connectivity index (χ2v) is 7.47. The van der Waals surface area contributed by atoms with E-state index in [1.54, 1.807) is 6.07 Å². The van der Waals surface area contributed by atoms with Crippen LogP contribution in [-0.4, -0.2) is 32.3 Å². The van der Waals surface area contributed by atoms with Gasteiger partial charge in [-0.3, -0.25) is 9.48 Å². The molecule has 25 heavy (non-hydrogen) atoms. The minimum Gasteiger partial charge on any atom is -0.480 e. The number of aliphatic carboxylic acids is 1. The zero-order valence-corrected chi connectivity index (χ0v) is 15.1. The summed E-state index contributed by atoms with van der Waals surface area (Å²) in [6.07, 6.45) is 0. The lowest BCUT2D eigenvalue weighted by Gasteiger charge is -2.20. The molecule has 0 aliphatic heterocycles. The summed E-state index contributed by atoms with van der Waals surface area (Å²) in [4.78, 5) is 25.0. The van der Waals surface area contributed by atoms with Gasteiger partial charge in [0.05, 0.1) is 17.1 Å². The van der Waals surface area contributed by atoms with E-state index >= 15 is 0 Å². The molecule has 0 atom stereocenters. The summed E-state index contributed by atoms with van der Waals surface area (Å²) in [6, 6.07) is 11.7. The molecule has 0 bridgehead atoms. The number of rotatable bonds is 5. The van der Waals surface area contributed by atoms with E-state index in [1.807, 2.05) is 41.9 Å². The molecular formula is C18H19N3O3S. The Hall–Kier alpha value is -2.67. The first-order valence-electron chi connectivity index (χ1n) is 7.85. The fourth-order valence-electron chi connectivity index (χ4n) is 2.49. The first kappa shape index (κ1) is 17.2. The van der Waals surface area contributed by atoms with Crippen LogP contribution in [-0.2, 0) is 11.3 Å². The number of amides is 1. The Balaban J connectivity index is 1.91. The third-order valence-corrected chi connectivity index (χ3v) is 5.11. The van der Waals surface area contributed by atoms with Gasteiger partial charge in [-0.25, -0.2) is 4.79 Å². The van der Waals surface area contributed by atoms with Crippen molar-refractivity contribution in [1.82, 2.24) is 15.1 Å². The minimum absolute atomic E-state index is 0.390. The largest absolute Gasteiger partial charge is 0.480 e. The van der Waals surface area contributed by atoms with E-state index < -0.39 is 11.5 Å². The fourth-order valence-corrected chi connectivity index (χ4v) is 3.54. The van der Waals surface area contributed by atoms with Gasteiger partial charge >= 0.3 is 5.97 Å². The average molecular weight is 357 g/mol. The first-order chi connectivity index (χ1) is 11.8. The van der Waals surface area contributed by atoms with Crippen molar-refractivity contribution in [3.05, 3.63) is 52.5 Å². The Labute approximate surface area is 149 Å². The number of benzene rings is 1. The van der Waals surface area contributed by atoms with Crippen LogP contribution in [0.5, 0.6) is 0 Å². The summed E-state index contributed by atoms with van der Waals surface area (Å²) in [5.41, 5.74) is 0.648. The molecular weight excluding hydrogens is 338 g/mol. The molecule has 2 N–H and O–H groups in total. The predicted octanol–water partition coefficient (Wildman–Crippen LogP) is 3.05. The Morgan fingerprint density at radius 2 is 1.96 bits per heavy atom. The van der Waals surface area contributed by atoms with E-state index in [0.717, 1.165) is 21.5 Å². The molecule has 0 unspecified atom stereocenters. The standard InChI is InChI=1S/C18H19N3O3S/c1-11-13-9-14(15(22)19-18(2,3)17(23)24)25-16(13)21(20-11)10-12-7-5-4-6-8-12/h4-9H,10H2,1-3H3,(H,19,22)(H,23,24). The fraction of sp³-hybridized carbons (Fsp3) is 0.278. The van der Waals surface area contributed by atoms with Gasteiger partial charge in [-0.05, 0) is 32.4 Å². The summed E-state index contributed by atoms with van der Waals surface area (Å²) in [5, 5.41) is 17.2. The number of carbonyl (C=O) groups is 2. The summed E-state index contributed by atoms with van der Waals surface area (Å²) in [7, 11) is 0. The van der Waals surface area contributed by atoms with E-state index in [-0.39, 0.29) is 5.91 Å². The molecule has 2 heterocycles. The number of fused-ring (bicyclic) bond motifs is 1. The van der Waals surface area contributed by atoms with Crippen molar-refractivity contribution in [3.63, 3.8) is 0 Å². The number of hydrogen-bond donors (Lipinski definition) is 2. The predicted molar refractivity (Wildman–Crippen MR) is 97.1 cm³/mol. The van der Waals surface area contributed by atoms with Crippen molar-refractivity contribution in [2.24, 2.45) is 0 Å². The average Bonchev–Trinajstić information content (AvgIpc) is 3.10. The van der Waals surface area contributed by atoms with Gasteiger partial charge in [0, 0.05) is 5.39 Å². The van der Waals surface area contributed by atoms with Gasteiger partial charge in [-0.15, -0.1) is 11.3 Å². The van der Waals surface area contributed by atoms with E-state index in [4.69, 9.17) is 5.11 Å². The second kappa shape index (κ2) is 6.33. The minimum atomic E-state index is -1.32. The maximum atomic E-state index is 12.4. The van der Waals surface area contributed by atoms with Gasteiger partial charge in [0.1, 0.15) is 10.4 Å². The summed E-state index contributed by atoms with van der Waals surface area (Å²) >= 11 is 1.32. The van der Waals surface area contributed by atoms with Crippen molar-refractivity contribution in [3.8, 4) is 0 Å². The van der Waals surface area contributed by atoms with Gasteiger partial charge in [0.2, 0.25) is 0 Å². The first-order valence-corrected chi connectivity index (χ1v) is 8.66. The Morgan fingerprint density at radius 3 is 2.60 bits per heavy atom. The van der Waals surface area contributed by atoms with Crippen molar-refractivity contribution in [2.45, 2.75) is 32.9 Å². The summed E-state index contributed by atoms with van der Waals surface area (Å²) < 4.78 is 1.88. The number of carbonyl (C=O) groups excluding carboxylic acids is 1. The van der Waals surface area contributed by atoms with Crippen LogP contribution < -0.4 is 5.32 Å². The van der Waals surface area contributed by atoms with Crippen LogP contribution in [0.4, 0.5) is 0 Å². The molecule has 6 nitrogen and oxygen atoms in total. The lowest BCUT2D eigenvalue weighted by atomic mass is 10.1. The zero-order chi connectivity index (χ0) is 18.2. The number of nitrogens with one attached hydrogen (secondary N) is 1. The Morgan fingerprint density at radius 1 is 1.28 bits per heavy atom. The monoisotopic (exact) mass is 357 g/mol.